The van der Waals surface area contributed by atoms with Crippen LogP contribution in [-0.2, 0) is 23.9 Å². The van der Waals surface area contributed by atoms with E-state index in [2.05, 4.69) is 0 Å². The van der Waals surface area contributed by atoms with E-state index < -0.39 is 23.8 Å². The Morgan fingerprint density at radius 2 is 1.67 bits per heavy atom. The van der Waals surface area contributed by atoms with Gasteiger partial charge in [-0.25, -0.2) is 0 Å². The van der Waals surface area contributed by atoms with Crippen molar-refractivity contribution in [2.24, 2.45) is 17.8 Å². The van der Waals surface area contributed by atoms with Crippen LogP contribution in [0.15, 0.2) is 0 Å². The molecule has 0 aromatic rings. The summed E-state index contributed by atoms with van der Waals surface area (Å²) in [5.41, 5.74) is 0. The van der Waals surface area contributed by atoms with Gasteiger partial charge in [-0.15, -0.1) is 0 Å². The van der Waals surface area contributed by atoms with E-state index in [-0.39, 0.29) is 24.9 Å². The molecular formula is C13H20O5. The average Bonchev–Trinajstić information content (AvgIpc) is 2.62. The van der Waals surface area contributed by atoms with Crippen molar-refractivity contribution in [2.45, 2.75) is 33.6 Å². The third-order valence-electron chi connectivity index (χ3n) is 3.25. The molecule has 1 saturated carbocycles. The van der Waals surface area contributed by atoms with Crippen LogP contribution in [-0.4, -0.2) is 30.9 Å². The first-order valence-electron chi connectivity index (χ1n) is 6.39. The largest absolute Gasteiger partial charge is 0.465 e. The smallest absolute Gasteiger partial charge is 0.321 e. The van der Waals surface area contributed by atoms with Crippen LogP contribution in [0.3, 0.4) is 0 Å². The molecule has 2 unspecified atom stereocenters. The molecular weight excluding hydrogens is 236 g/mol. The van der Waals surface area contributed by atoms with Crippen molar-refractivity contribution in [2.75, 3.05) is 13.2 Å². The second-order valence-corrected chi connectivity index (χ2v) is 4.47. The van der Waals surface area contributed by atoms with Crippen LogP contribution in [0.4, 0.5) is 0 Å². The van der Waals surface area contributed by atoms with E-state index in [1.807, 2.05) is 6.92 Å². The van der Waals surface area contributed by atoms with E-state index in [1.54, 1.807) is 13.8 Å². The van der Waals surface area contributed by atoms with Gasteiger partial charge in [0.05, 0.1) is 13.2 Å². The van der Waals surface area contributed by atoms with E-state index in [4.69, 9.17) is 9.47 Å². The molecule has 0 radical (unpaired) electrons. The molecule has 2 atom stereocenters. The van der Waals surface area contributed by atoms with Crippen LogP contribution in [0.2, 0.25) is 0 Å². The van der Waals surface area contributed by atoms with E-state index in [0.29, 0.717) is 12.8 Å². The number of ketones is 1. The van der Waals surface area contributed by atoms with Gasteiger partial charge in [-0.05, 0) is 26.7 Å². The Kier molecular flexibility index (Phi) is 5.31. The van der Waals surface area contributed by atoms with Crippen molar-refractivity contribution in [1.82, 2.24) is 0 Å². The lowest BCUT2D eigenvalue weighted by Gasteiger charge is -2.19. The molecule has 0 N–H and O–H groups in total. The molecule has 0 aromatic heterocycles. The molecule has 0 spiro atoms. The van der Waals surface area contributed by atoms with Crippen molar-refractivity contribution in [3.8, 4) is 0 Å². The highest BCUT2D eigenvalue weighted by Crippen LogP contribution is 2.33. The lowest BCUT2D eigenvalue weighted by atomic mass is 9.89. The SMILES string of the molecule is CCOC(=O)C(C(=O)OCC)C1CCC(C)C1=O. The van der Waals surface area contributed by atoms with Crippen LogP contribution in [0, 0.1) is 17.8 Å². The van der Waals surface area contributed by atoms with Gasteiger partial charge in [-0.1, -0.05) is 6.92 Å². The van der Waals surface area contributed by atoms with Gasteiger partial charge in [-0.3, -0.25) is 14.4 Å². The summed E-state index contributed by atoms with van der Waals surface area (Å²) in [6.07, 6.45) is 1.25. The molecule has 0 amide bonds. The lowest BCUT2D eigenvalue weighted by Crippen LogP contribution is -2.37. The van der Waals surface area contributed by atoms with Gasteiger partial charge in [0.1, 0.15) is 5.78 Å². The van der Waals surface area contributed by atoms with Gasteiger partial charge in [0.15, 0.2) is 5.92 Å². The Balaban J connectivity index is 2.86. The third-order valence-corrected chi connectivity index (χ3v) is 3.25. The second-order valence-electron chi connectivity index (χ2n) is 4.47. The minimum absolute atomic E-state index is 0.0406. The number of Topliss-reactive ketones (excluding diaryl/α,β-unsaturated/α-hetero) is 1. The number of rotatable bonds is 5. The van der Waals surface area contributed by atoms with Gasteiger partial charge in [0.2, 0.25) is 0 Å². The Hall–Kier alpha value is -1.39. The summed E-state index contributed by atoms with van der Waals surface area (Å²) < 4.78 is 9.75. The van der Waals surface area contributed by atoms with Gasteiger partial charge < -0.3 is 9.47 Å². The predicted molar refractivity (Wildman–Crippen MR) is 63.7 cm³/mol. The van der Waals surface area contributed by atoms with Crippen LogP contribution in [0.1, 0.15) is 33.6 Å². The lowest BCUT2D eigenvalue weighted by molar-refractivity contribution is -0.166. The Labute approximate surface area is 107 Å². The topological polar surface area (TPSA) is 69.7 Å². The quantitative estimate of drug-likeness (QED) is 0.548. The molecule has 1 aliphatic carbocycles. The Morgan fingerprint density at radius 3 is 2.00 bits per heavy atom. The molecule has 5 nitrogen and oxygen atoms in total. The van der Waals surface area contributed by atoms with E-state index in [9.17, 15) is 14.4 Å². The van der Waals surface area contributed by atoms with Gasteiger partial charge >= 0.3 is 11.9 Å². The molecule has 0 aromatic carbocycles. The monoisotopic (exact) mass is 256 g/mol. The minimum Gasteiger partial charge on any atom is -0.465 e. The first-order valence-corrected chi connectivity index (χ1v) is 6.39. The van der Waals surface area contributed by atoms with Crippen molar-refractivity contribution < 1.29 is 23.9 Å². The maximum atomic E-state index is 11.9. The Bertz CT molecular complexity index is 318. The molecule has 0 aliphatic heterocycles. The van der Waals surface area contributed by atoms with Crippen molar-refractivity contribution in [3.63, 3.8) is 0 Å². The second kappa shape index (κ2) is 6.52. The maximum absolute atomic E-state index is 11.9. The molecule has 0 heterocycles. The fraction of sp³-hybridized carbons (Fsp3) is 0.769. The highest BCUT2D eigenvalue weighted by molar-refractivity contribution is 6.01. The highest BCUT2D eigenvalue weighted by atomic mass is 16.6. The highest BCUT2D eigenvalue weighted by Gasteiger charge is 2.45. The molecule has 1 fully saturated rings. The summed E-state index contributed by atoms with van der Waals surface area (Å²) >= 11 is 0. The number of ether oxygens (including phenoxy) is 2. The molecule has 18 heavy (non-hydrogen) atoms. The normalized spacial score (nSPS) is 23.2. The number of carbonyl (C=O) groups is 3. The van der Waals surface area contributed by atoms with Crippen LogP contribution < -0.4 is 0 Å². The van der Waals surface area contributed by atoms with E-state index in [0.717, 1.165) is 0 Å². The summed E-state index contributed by atoms with van der Waals surface area (Å²) in [7, 11) is 0. The van der Waals surface area contributed by atoms with Crippen molar-refractivity contribution in [3.05, 3.63) is 0 Å². The van der Waals surface area contributed by atoms with Gasteiger partial charge in [-0.2, -0.15) is 0 Å². The fourth-order valence-electron chi connectivity index (χ4n) is 2.30. The van der Waals surface area contributed by atoms with Crippen LogP contribution >= 0.6 is 0 Å². The number of hydrogen-bond acceptors (Lipinski definition) is 5. The summed E-state index contributed by atoms with van der Waals surface area (Å²) in [4.78, 5) is 35.6. The standard InChI is InChI=1S/C13H20O5/c1-4-17-12(15)10(13(16)18-5-2)9-7-6-8(3)11(9)14/h8-10H,4-7H2,1-3H3. The van der Waals surface area contributed by atoms with E-state index in [1.165, 1.54) is 0 Å². The average molecular weight is 256 g/mol. The number of hydrogen-bond donors (Lipinski definition) is 0. The summed E-state index contributed by atoms with van der Waals surface area (Å²) in [6, 6.07) is 0. The first-order chi connectivity index (χ1) is 8.52. The maximum Gasteiger partial charge on any atom is 0.321 e. The minimum atomic E-state index is -1.10. The van der Waals surface area contributed by atoms with Gasteiger partial charge in [0, 0.05) is 11.8 Å². The predicted octanol–water partition coefficient (Wildman–Crippen LogP) is 1.34. The molecule has 1 aliphatic rings. The zero-order chi connectivity index (χ0) is 13.7. The number of carbonyl (C=O) groups excluding carboxylic acids is 3. The summed E-state index contributed by atoms with van der Waals surface area (Å²) in [5.74, 6) is -3.12. The fourth-order valence-corrected chi connectivity index (χ4v) is 2.30. The molecule has 0 saturated heterocycles. The molecule has 1 rings (SSSR count). The zero-order valence-electron chi connectivity index (χ0n) is 11.1. The van der Waals surface area contributed by atoms with E-state index >= 15 is 0 Å². The third kappa shape index (κ3) is 3.09. The Morgan fingerprint density at radius 1 is 1.17 bits per heavy atom. The summed E-state index contributed by atoms with van der Waals surface area (Å²) in [5, 5.41) is 0. The first kappa shape index (κ1) is 14.7. The molecule has 0 bridgehead atoms. The van der Waals surface area contributed by atoms with Crippen LogP contribution in [0.25, 0.3) is 0 Å². The zero-order valence-corrected chi connectivity index (χ0v) is 11.1. The van der Waals surface area contributed by atoms with Crippen molar-refractivity contribution >= 4 is 17.7 Å². The molecule has 102 valence electrons. The summed E-state index contributed by atoms with van der Waals surface area (Å²) in [6.45, 7) is 5.52. The van der Waals surface area contributed by atoms with Crippen LogP contribution in [0.5, 0.6) is 0 Å². The van der Waals surface area contributed by atoms with Crippen molar-refractivity contribution in [1.29, 1.82) is 0 Å². The van der Waals surface area contributed by atoms with Gasteiger partial charge in [0.25, 0.3) is 0 Å². The molecule has 5 heteroatoms. The number of esters is 2.